The van der Waals surface area contributed by atoms with Crippen LogP contribution in [0.25, 0.3) is 11.1 Å². The molecule has 0 N–H and O–H groups in total. The standard InChI is InChI=1S/C20H19F3/c1-2-3-5-13-8-10-15-14(12-13)9-11-17(19(15)22)16-6-4-7-18(21)20(16)23/h4,6-9,11H,2-3,5,10,12H2,1H3. The molecule has 0 saturated carbocycles. The first-order valence-corrected chi connectivity index (χ1v) is 8.04. The van der Waals surface area contributed by atoms with Crippen molar-refractivity contribution in [1.29, 1.82) is 0 Å². The monoisotopic (exact) mass is 316 g/mol. The number of benzene rings is 2. The summed E-state index contributed by atoms with van der Waals surface area (Å²) in [5, 5.41) is 0. The highest BCUT2D eigenvalue weighted by Crippen LogP contribution is 2.33. The molecule has 120 valence electrons. The van der Waals surface area contributed by atoms with Crippen LogP contribution in [-0.2, 0) is 12.8 Å². The van der Waals surface area contributed by atoms with Gasteiger partial charge in [-0.15, -0.1) is 0 Å². The third-order valence-corrected chi connectivity index (χ3v) is 4.45. The fourth-order valence-corrected chi connectivity index (χ4v) is 3.12. The summed E-state index contributed by atoms with van der Waals surface area (Å²) in [7, 11) is 0. The van der Waals surface area contributed by atoms with Crippen molar-refractivity contribution in [2.24, 2.45) is 0 Å². The van der Waals surface area contributed by atoms with Gasteiger partial charge in [-0.25, -0.2) is 13.2 Å². The lowest BCUT2D eigenvalue weighted by Gasteiger charge is -2.19. The predicted octanol–water partition coefficient (Wildman–Crippen LogP) is 5.99. The van der Waals surface area contributed by atoms with Crippen LogP contribution in [-0.4, -0.2) is 0 Å². The van der Waals surface area contributed by atoms with E-state index in [1.807, 2.05) is 6.07 Å². The van der Waals surface area contributed by atoms with Crippen molar-refractivity contribution in [3.05, 3.63) is 70.6 Å². The lowest BCUT2D eigenvalue weighted by Crippen LogP contribution is -2.07. The molecule has 0 aliphatic heterocycles. The van der Waals surface area contributed by atoms with E-state index in [0.29, 0.717) is 12.0 Å². The van der Waals surface area contributed by atoms with Gasteiger partial charge >= 0.3 is 0 Å². The van der Waals surface area contributed by atoms with Crippen LogP contribution in [0.3, 0.4) is 0 Å². The van der Waals surface area contributed by atoms with Crippen LogP contribution in [0.2, 0.25) is 0 Å². The molecule has 0 radical (unpaired) electrons. The van der Waals surface area contributed by atoms with E-state index in [9.17, 15) is 13.2 Å². The zero-order chi connectivity index (χ0) is 16.4. The van der Waals surface area contributed by atoms with Crippen LogP contribution >= 0.6 is 0 Å². The zero-order valence-electron chi connectivity index (χ0n) is 13.1. The van der Waals surface area contributed by atoms with E-state index < -0.39 is 17.5 Å². The zero-order valence-corrected chi connectivity index (χ0v) is 13.1. The molecule has 3 rings (SSSR count). The van der Waals surface area contributed by atoms with Crippen LogP contribution in [0.1, 0.15) is 37.3 Å². The van der Waals surface area contributed by atoms with Crippen molar-refractivity contribution in [1.82, 2.24) is 0 Å². The van der Waals surface area contributed by atoms with E-state index in [4.69, 9.17) is 0 Å². The van der Waals surface area contributed by atoms with Crippen molar-refractivity contribution in [2.75, 3.05) is 0 Å². The van der Waals surface area contributed by atoms with Crippen LogP contribution in [0, 0.1) is 17.5 Å². The van der Waals surface area contributed by atoms with E-state index in [-0.39, 0.29) is 11.1 Å². The van der Waals surface area contributed by atoms with Gasteiger partial charge in [0.15, 0.2) is 11.6 Å². The molecule has 1 aliphatic rings. The Hall–Kier alpha value is -2.03. The Balaban J connectivity index is 1.97. The fraction of sp³-hybridized carbons (Fsp3) is 0.300. The highest BCUT2D eigenvalue weighted by atomic mass is 19.2. The van der Waals surface area contributed by atoms with Gasteiger partial charge in [0, 0.05) is 11.1 Å². The molecule has 0 fully saturated rings. The van der Waals surface area contributed by atoms with Gasteiger partial charge in [-0.2, -0.15) is 0 Å². The van der Waals surface area contributed by atoms with E-state index in [0.717, 1.165) is 37.3 Å². The molecular formula is C20H19F3. The number of allylic oxidation sites excluding steroid dienone is 2. The van der Waals surface area contributed by atoms with E-state index in [2.05, 4.69) is 13.0 Å². The summed E-state index contributed by atoms with van der Waals surface area (Å²) in [6.07, 6.45) is 6.65. The summed E-state index contributed by atoms with van der Waals surface area (Å²) >= 11 is 0. The molecule has 0 amide bonds. The summed E-state index contributed by atoms with van der Waals surface area (Å²) in [6, 6.07) is 7.26. The van der Waals surface area contributed by atoms with Gasteiger partial charge in [0.05, 0.1) is 0 Å². The summed E-state index contributed by atoms with van der Waals surface area (Å²) < 4.78 is 42.2. The molecule has 0 atom stereocenters. The SMILES string of the molecule is CCCCC1=CCc2c(ccc(-c3cccc(F)c3F)c2F)C1. The van der Waals surface area contributed by atoms with Crippen LogP contribution < -0.4 is 0 Å². The molecular weight excluding hydrogens is 297 g/mol. The average molecular weight is 316 g/mol. The fourth-order valence-electron chi connectivity index (χ4n) is 3.12. The Morgan fingerprint density at radius 1 is 0.957 bits per heavy atom. The summed E-state index contributed by atoms with van der Waals surface area (Å²) in [5.41, 5.74) is 3.00. The molecule has 0 aromatic heterocycles. The van der Waals surface area contributed by atoms with Gasteiger partial charge in [0.2, 0.25) is 0 Å². The first-order valence-electron chi connectivity index (χ1n) is 8.04. The summed E-state index contributed by atoms with van der Waals surface area (Å²) in [4.78, 5) is 0. The number of rotatable bonds is 4. The number of fused-ring (bicyclic) bond motifs is 1. The Morgan fingerprint density at radius 2 is 1.74 bits per heavy atom. The maximum atomic E-state index is 14.8. The molecule has 3 heteroatoms. The minimum absolute atomic E-state index is 0.0222. The molecule has 0 saturated heterocycles. The molecule has 1 aliphatic carbocycles. The molecule has 0 bridgehead atoms. The molecule has 0 nitrogen and oxygen atoms in total. The smallest absolute Gasteiger partial charge is 0.166 e. The normalized spacial score (nSPS) is 13.7. The van der Waals surface area contributed by atoms with Gasteiger partial charge in [0.1, 0.15) is 5.82 Å². The van der Waals surface area contributed by atoms with Crippen molar-refractivity contribution >= 4 is 0 Å². The third kappa shape index (κ3) is 3.05. The molecule has 0 spiro atoms. The van der Waals surface area contributed by atoms with Crippen LogP contribution in [0.5, 0.6) is 0 Å². The summed E-state index contributed by atoms with van der Waals surface area (Å²) in [5.74, 6) is -2.39. The molecule has 2 aromatic rings. The van der Waals surface area contributed by atoms with Gasteiger partial charge in [-0.1, -0.05) is 49.3 Å². The van der Waals surface area contributed by atoms with Crippen molar-refractivity contribution in [2.45, 2.75) is 39.0 Å². The van der Waals surface area contributed by atoms with Crippen molar-refractivity contribution in [3.8, 4) is 11.1 Å². The third-order valence-electron chi connectivity index (χ3n) is 4.45. The number of hydrogen-bond donors (Lipinski definition) is 0. The lowest BCUT2D eigenvalue weighted by molar-refractivity contribution is 0.510. The minimum Gasteiger partial charge on any atom is -0.206 e. The minimum atomic E-state index is -0.999. The Labute approximate surface area is 134 Å². The van der Waals surface area contributed by atoms with Crippen molar-refractivity contribution < 1.29 is 13.2 Å². The first kappa shape index (κ1) is 15.9. The predicted molar refractivity (Wildman–Crippen MR) is 86.8 cm³/mol. The maximum absolute atomic E-state index is 14.8. The second-order valence-electron chi connectivity index (χ2n) is 6.01. The van der Waals surface area contributed by atoms with Crippen LogP contribution in [0.4, 0.5) is 13.2 Å². The lowest BCUT2D eigenvalue weighted by atomic mass is 9.86. The van der Waals surface area contributed by atoms with E-state index in [1.54, 1.807) is 6.07 Å². The largest absolute Gasteiger partial charge is 0.206 e. The van der Waals surface area contributed by atoms with Gasteiger partial charge in [0.25, 0.3) is 0 Å². The van der Waals surface area contributed by atoms with Crippen LogP contribution in [0.15, 0.2) is 42.0 Å². The average Bonchev–Trinajstić information content (AvgIpc) is 2.56. The van der Waals surface area contributed by atoms with E-state index >= 15 is 0 Å². The van der Waals surface area contributed by atoms with Gasteiger partial charge in [-0.3, -0.25) is 0 Å². The number of unbranched alkanes of at least 4 members (excludes halogenated alkanes) is 1. The van der Waals surface area contributed by atoms with Gasteiger partial charge < -0.3 is 0 Å². The van der Waals surface area contributed by atoms with Crippen molar-refractivity contribution in [3.63, 3.8) is 0 Å². The molecule has 0 heterocycles. The second kappa shape index (κ2) is 6.61. The Morgan fingerprint density at radius 3 is 2.52 bits per heavy atom. The quantitative estimate of drug-likeness (QED) is 0.608. The first-order chi connectivity index (χ1) is 11.1. The highest BCUT2D eigenvalue weighted by Gasteiger charge is 2.20. The van der Waals surface area contributed by atoms with Gasteiger partial charge in [-0.05, 0) is 42.9 Å². The number of halogens is 3. The summed E-state index contributed by atoms with van der Waals surface area (Å²) in [6.45, 7) is 2.15. The Bertz CT molecular complexity index is 760. The molecule has 23 heavy (non-hydrogen) atoms. The van der Waals surface area contributed by atoms with E-state index in [1.165, 1.54) is 17.7 Å². The number of hydrogen-bond acceptors (Lipinski definition) is 0. The molecule has 2 aromatic carbocycles. The maximum Gasteiger partial charge on any atom is 0.166 e. The second-order valence-corrected chi connectivity index (χ2v) is 6.01. The molecule has 0 unspecified atom stereocenters. The topological polar surface area (TPSA) is 0 Å². The highest BCUT2D eigenvalue weighted by molar-refractivity contribution is 5.67. The Kier molecular flexibility index (Phi) is 4.56.